The minimum absolute atomic E-state index is 0.0638. The van der Waals surface area contributed by atoms with Crippen molar-refractivity contribution in [1.82, 2.24) is 40.4 Å². The van der Waals surface area contributed by atoms with Gasteiger partial charge in [-0.25, -0.2) is 9.07 Å². The summed E-state index contributed by atoms with van der Waals surface area (Å²) in [6, 6.07) is 15.3. The fraction of sp³-hybridized carbons (Fsp3) is 0.426. The summed E-state index contributed by atoms with van der Waals surface area (Å²) in [6.07, 6.45) is 5.81. The van der Waals surface area contributed by atoms with E-state index >= 15 is 0 Å². The molecule has 0 saturated carbocycles. The molecule has 3 aliphatic rings. The number of aryl methyl sites for hydroxylation is 2. The van der Waals surface area contributed by atoms with E-state index in [9.17, 15) is 28.4 Å². The third kappa shape index (κ3) is 10.3. The van der Waals surface area contributed by atoms with Crippen LogP contribution in [0.4, 0.5) is 10.1 Å². The second-order valence-corrected chi connectivity index (χ2v) is 16.3. The molecule has 8 rings (SSSR count). The number of amides is 5. The van der Waals surface area contributed by atoms with E-state index in [0.717, 1.165) is 64.1 Å². The number of anilines is 1. The summed E-state index contributed by atoms with van der Waals surface area (Å²) >= 11 is 0. The second-order valence-electron chi connectivity index (χ2n) is 16.3. The van der Waals surface area contributed by atoms with Crippen molar-refractivity contribution in [2.75, 3.05) is 65.1 Å². The molecule has 3 aliphatic heterocycles. The number of benzene rings is 3. The van der Waals surface area contributed by atoms with Gasteiger partial charge in [-0.1, -0.05) is 35.5 Å². The Kier molecular flexibility index (Phi) is 14.7. The highest BCUT2D eigenvalue weighted by molar-refractivity contribution is 6.25. The van der Waals surface area contributed by atoms with Gasteiger partial charge in [0.1, 0.15) is 11.9 Å². The van der Waals surface area contributed by atoms with E-state index in [2.05, 4.69) is 60.4 Å². The Morgan fingerprint density at radius 2 is 1.63 bits per heavy atom. The average molecular weight is 892 g/mol. The fourth-order valence-corrected chi connectivity index (χ4v) is 8.79. The van der Waals surface area contributed by atoms with Crippen LogP contribution in [0, 0.1) is 5.82 Å². The SMILES string of the molecule is CNCc1ccc(-c2c3c4c(cc(F)cc4n2CCCCc2cn(CCOCCOCCOCCCNc4cccc5c4C(=O)N(C4CCC(=O)NC4=O)C5=O)nn2)C(=O)NCC3)cc1. The normalized spacial score (nSPS) is 16.0. The molecular weight excluding hydrogens is 838 g/mol. The van der Waals surface area contributed by atoms with Crippen molar-refractivity contribution in [2.24, 2.45) is 0 Å². The van der Waals surface area contributed by atoms with E-state index in [-0.39, 0.29) is 29.9 Å². The molecule has 0 bridgehead atoms. The van der Waals surface area contributed by atoms with Gasteiger partial charge in [0.25, 0.3) is 17.7 Å². The van der Waals surface area contributed by atoms with Crippen LogP contribution in [0.3, 0.4) is 0 Å². The van der Waals surface area contributed by atoms with E-state index in [0.29, 0.717) is 89.9 Å². The average Bonchev–Trinajstić information content (AvgIpc) is 3.92. The van der Waals surface area contributed by atoms with Gasteiger partial charge in [0.15, 0.2) is 0 Å². The molecule has 2 aromatic heterocycles. The molecule has 1 unspecified atom stereocenters. The molecule has 5 heterocycles. The summed E-state index contributed by atoms with van der Waals surface area (Å²) in [5.74, 6) is -2.82. The molecule has 1 atom stereocenters. The number of ether oxygens (including phenoxy) is 3. The minimum atomic E-state index is -1.01. The van der Waals surface area contributed by atoms with E-state index in [4.69, 9.17) is 14.2 Å². The lowest BCUT2D eigenvalue weighted by Crippen LogP contribution is -2.54. The quantitative estimate of drug-likeness (QED) is 0.0544. The Labute approximate surface area is 375 Å². The summed E-state index contributed by atoms with van der Waals surface area (Å²) in [4.78, 5) is 64.2. The maximum absolute atomic E-state index is 15.0. The molecule has 0 radical (unpaired) electrons. The first-order valence-electron chi connectivity index (χ1n) is 22.3. The number of unbranched alkanes of at least 4 members (excludes halogenated alkanes) is 1. The number of carbonyl (C=O) groups is 5. The van der Waals surface area contributed by atoms with E-state index in [1.807, 2.05) is 13.2 Å². The van der Waals surface area contributed by atoms with Crippen molar-refractivity contribution >= 4 is 46.1 Å². The number of carbonyl (C=O) groups excluding carboxylic acids is 5. The highest BCUT2D eigenvalue weighted by Crippen LogP contribution is 2.38. The number of aromatic nitrogens is 4. The first kappa shape index (κ1) is 45.2. The van der Waals surface area contributed by atoms with Crippen molar-refractivity contribution in [3.05, 3.63) is 100 Å². The van der Waals surface area contributed by atoms with Gasteiger partial charge in [0.05, 0.1) is 73.2 Å². The Bertz CT molecular complexity index is 2560. The lowest BCUT2D eigenvalue weighted by atomic mass is 9.99. The molecular formula is C47H54FN9O8. The molecule has 1 fully saturated rings. The number of nitrogens with one attached hydrogen (secondary N) is 4. The molecule has 342 valence electrons. The van der Waals surface area contributed by atoms with Gasteiger partial charge >= 0.3 is 0 Å². The number of hydrogen-bond acceptors (Lipinski definition) is 12. The third-order valence-corrected chi connectivity index (χ3v) is 11.9. The Morgan fingerprint density at radius 1 is 0.846 bits per heavy atom. The van der Waals surface area contributed by atoms with Crippen LogP contribution in [0.2, 0.25) is 0 Å². The standard InChI is InChI=1S/C47H54FN9O8/c1-49-28-30-9-11-31(12-10-30)43-34-15-17-51-44(59)36-26-32(48)27-39(41(34)36)56(43)18-3-2-6-33-29-55(54-53-33)19-21-64-23-25-65-24-22-63-20-5-16-50-37-8-4-7-35-42(37)47(62)57(46(35)61)38-13-14-40(58)52-45(38)60/h4,7-12,26-27,29,38,49-50H,2-3,5-6,13-25,28H2,1H3,(H,51,59)(H,52,58,60). The summed E-state index contributed by atoms with van der Waals surface area (Å²) in [7, 11) is 1.92. The highest BCUT2D eigenvalue weighted by Gasteiger charge is 2.45. The van der Waals surface area contributed by atoms with E-state index < -0.39 is 35.5 Å². The van der Waals surface area contributed by atoms with Gasteiger partial charge in [-0.3, -0.25) is 34.2 Å². The van der Waals surface area contributed by atoms with Gasteiger partial charge in [0, 0.05) is 56.5 Å². The monoisotopic (exact) mass is 891 g/mol. The van der Waals surface area contributed by atoms with Crippen LogP contribution in [0.5, 0.6) is 0 Å². The molecule has 65 heavy (non-hydrogen) atoms. The van der Waals surface area contributed by atoms with Crippen LogP contribution in [-0.2, 0) is 56.3 Å². The maximum atomic E-state index is 15.0. The number of halogens is 1. The predicted molar refractivity (Wildman–Crippen MR) is 238 cm³/mol. The number of nitrogens with zero attached hydrogens (tertiary/aromatic N) is 5. The van der Waals surface area contributed by atoms with Gasteiger partial charge < -0.3 is 34.7 Å². The van der Waals surface area contributed by atoms with E-state index in [1.165, 1.54) is 11.6 Å². The molecule has 4 N–H and O–H groups in total. The lowest BCUT2D eigenvalue weighted by molar-refractivity contribution is -0.136. The van der Waals surface area contributed by atoms with Crippen molar-refractivity contribution in [3.8, 4) is 11.3 Å². The Morgan fingerprint density at radius 3 is 2.42 bits per heavy atom. The van der Waals surface area contributed by atoms with Crippen LogP contribution < -0.4 is 21.3 Å². The largest absolute Gasteiger partial charge is 0.384 e. The van der Waals surface area contributed by atoms with Gasteiger partial charge in [-0.15, -0.1) is 5.10 Å². The highest BCUT2D eigenvalue weighted by atomic mass is 19.1. The zero-order valence-electron chi connectivity index (χ0n) is 36.5. The van der Waals surface area contributed by atoms with E-state index in [1.54, 1.807) is 28.9 Å². The van der Waals surface area contributed by atoms with Crippen molar-refractivity contribution in [3.63, 3.8) is 0 Å². The smallest absolute Gasteiger partial charge is 0.264 e. The minimum Gasteiger partial charge on any atom is -0.384 e. The second kappa shape index (κ2) is 21.1. The van der Waals surface area contributed by atoms with Crippen molar-refractivity contribution in [2.45, 2.75) is 70.6 Å². The first-order chi connectivity index (χ1) is 31.7. The number of piperidine rings is 1. The summed E-state index contributed by atoms with van der Waals surface area (Å²) in [5, 5.41) is 21.0. The fourth-order valence-electron chi connectivity index (χ4n) is 8.79. The molecule has 1 saturated heterocycles. The number of hydrogen-bond donors (Lipinski definition) is 4. The molecule has 5 amide bonds. The Balaban J connectivity index is 0.706. The predicted octanol–water partition coefficient (Wildman–Crippen LogP) is 4.02. The Hall–Kier alpha value is -6.34. The maximum Gasteiger partial charge on any atom is 0.264 e. The number of fused-ring (bicyclic) bond motifs is 1. The van der Waals surface area contributed by atoms with Crippen LogP contribution in [0.25, 0.3) is 22.2 Å². The van der Waals surface area contributed by atoms with Gasteiger partial charge in [0.2, 0.25) is 11.8 Å². The molecule has 18 heteroatoms. The van der Waals surface area contributed by atoms with Crippen molar-refractivity contribution in [1.29, 1.82) is 0 Å². The van der Waals surface area contributed by atoms with Crippen molar-refractivity contribution < 1.29 is 42.6 Å². The third-order valence-electron chi connectivity index (χ3n) is 11.9. The topological polar surface area (TPSA) is 200 Å². The zero-order chi connectivity index (χ0) is 45.3. The molecule has 0 aliphatic carbocycles. The summed E-state index contributed by atoms with van der Waals surface area (Å²) in [5.41, 5.74) is 7.28. The zero-order valence-corrected chi connectivity index (χ0v) is 36.5. The van der Waals surface area contributed by atoms with Crippen LogP contribution in [0.1, 0.15) is 80.0 Å². The molecule has 5 aromatic rings. The molecule has 0 spiro atoms. The summed E-state index contributed by atoms with van der Waals surface area (Å²) in [6.45, 7) is 5.50. The lowest BCUT2D eigenvalue weighted by Gasteiger charge is -2.27. The van der Waals surface area contributed by atoms with Crippen LogP contribution in [0.15, 0.2) is 60.8 Å². The van der Waals surface area contributed by atoms with Crippen LogP contribution >= 0.6 is 0 Å². The molecule has 17 nitrogen and oxygen atoms in total. The molecule has 3 aromatic carbocycles. The number of rotatable bonds is 23. The van der Waals surface area contributed by atoms with Gasteiger partial charge in [-0.2, -0.15) is 0 Å². The van der Waals surface area contributed by atoms with Gasteiger partial charge in [-0.05, 0) is 86.5 Å². The summed E-state index contributed by atoms with van der Waals surface area (Å²) < 4.78 is 36.0. The van der Waals surface area contributed by atoms with Crippen LogP contribution in [-0.4, -0.2) is 120 Å². The first-order valence-corrected chi connectivity index (χ1v) is 22.3. The number of imide groups is 2.